The van der Waals surface area contributed by atoms with E-state index in [4.69, 9.17) is 16.6 Å². The monoisotopic (exact) mass is 215 g/mol. The first-order valence-electron chi connectivity index (χ1n) is 4.92. The number of aliphatic carboxylic acids is 1. The van der Waals surface area contributed by atoms with Crippen LogP contribution in [0, 0.1) is 11.8 Å². The highest BCUT2D eigenvalue weighted by atomic mass is 16.4. The van der Waals surface area contributed by atoms with Gasteiger partial charge >= 0.3 is 5.97 Å². The van der Waals surface area contributed by atoms with E-state index in [9.17, 15) is 9.59 Å². The molecule has 0 saturated heterocycles. The van der Waals surface area contributed by atoms with Crippen LogP contribution in [0.25, 0.3) is 0 Å². The summed E-state index contributed by atoms with van der Waals surface area (Å²) >= 11 is 0. The fourth-order valence-electron chi connectivity index (χ4n) is 2.02. The standard InChI is InChI=1S/C9H17N3O3/c1-4(13)12-3-6-7(10)2-5(8(6)11)9(14)15/h5-8H,2-3,10-11H2,1H3,(H,12,13)(H,14,15)/t5-,6-,7+,8+/m0/s1. The molecular weight excluding hydrogens is 198 g/mol. The van der Waals surface area contributed by atoms with E-state index in [1.807, 2.05) is 0 Å². The predicted molar refractivity (Wildman–Crippen MR) is 53.9 cm³/mol. The molecule has 0 heterocycles. The van der Waals surface area contributed by atoms with Gasteiger partial charge in [0, 0.05) is 31.5 Å². The Morgan fingerprint density at radius 2 is 2.07 bits per heavy atom. The zero-order chi connectivity index (χ0) is 11.6. The Hall–Kier alpha value is -1.14. The molecule has 1 aliphatic rings. The van der Waals surface area contributed by atoms with Crippen LogP contribution in [0.5, 0.6) is 0 Å². The second-order valence-electron chi connectivity index (χ2n) is 4.02. The molecule has 0 aliphatic heterocycles. The van der Waals surface area contributed by atoms with Gasteiger partial charge in [-0.1, -0.05) is 0 Å². The molecule has 6 heteroatoms. The first-order chi connectivity index (χ1) is 6.93. The van der Waals surface area contributed by atoms with Gasteiger partial charge in [0.2, 0.25) is 5.91 Å². The summed E-state index contributed by atoms with van der Waals surface area (Å²) in [5, 5.41) is 11.5. The molecule has 4 atom stereocenters. The Kier molecular flexibility index (Phi) is 3.65. The number of rotatable bonds is 3. The summed E-state index contributed by atoms with van der Waals surface area (Å²) in [6, 6.07) is -0.739. The molecule has 1 rings (SSSR count). The van der Waals surface area contributed by atoms with Crippen molar-refractivity contribution in [3.8, 4) is 0 Å². The Balaban J connectivity index is 2.58. The summed E-state index contributed by atoms with van der Waals surface area (Å²) in [6.07, 6.45) is 0.376. The van der Waals surface area contributed by atoms with Crippen LogP contribution in [0.2, 0.25) is 0 Å². The molecule has 86 valence electrons. The minimum absolute atomic E-state index is 0.157. The highest BCUT2D eigenvalue weighted by Gasteiger charge is 2.42. The van der Waals surface area contributed by atoms with Crippen molar-refractivity contribution in [3.05, 3.63) is 0 Å². The maximum atomic E-state index is 10.8. The van der Waals surface area contributed by atoms with Gasteiger partial charge in [0.1, 0.15) is 0 Å². The third kappa shape index (κ3) is 2.66. The average Bonchev–Trinajstić information content (AvgIpc) is 2.39. The third-order valence-electron chi connectivity index (χ3n) is 2.94. The number of amides is 1. The van der Waals surface area contributed by atoms with Crippen LogP contribution in [0.1, 0.15) is 13.3 Å². The quantitative estimate of drug-likeness (QED) is 0.457. The molecule has 0 aromatic carbocycles. The second-order valence-corrected chi connectivity index (χ2v) is 4.02. The van der Waals surface area contributed by atoms with Crippen molar-refractivity contribution in [3.63, 3.8) is 0 Å². The third-order valence-corrected chi connectivity index (χ3v) is 2.94. The summed E-state index contributed by atoms with van der Waals surface area (Å²) in [4.78, 5) is 21.5. The maximum absolute atomic E-state index is 10.8. The van der Waals surface area contributed by atoms with Crippen LogP contribution >= 0.6 is 0 Å². The minimum atomic E-state index is -0.914. The predicted octanol–water partition coefficient (Wildman–Crippen LogP) is -1.50. The lowest BCUT2D eigenvalue weighted by atomic mass is 9.97. The van der Waals surface area contributed by atoms with Gasteiger partial charge in [-0.15, -0.1) is 0 Å². The molecule has 0 unspecified atom stereocenters. The minimum Gasteiger partial charge on any atom is -0.481 e. The molecule has 6 nitrogen and oxygen atoms in total. The highest BCUT2D eigenvalue weighted by molar-refractivity contribution is 5.73. The van der Waals surface area contributed by atoms with Gasteiger partial charge in [-0.25, -0.2) is 0 Å². The van der Waals surface area contributed by atoms with Gasteiger partial charge in [-0.05, 0) is 6.42 Å². The normalized spacial score (nSPS) is 35.1. The van der Waals surface area contributed by atoms with Crippen LogP contribution in [0.15, 0.2) is 0 Å². The van der Waals surface area contributed by atoms with Crippen LogP contribution < -0.4 is 16.8 Å². The molecule has 1 saturated carbocycles. The zero-order valence-electron chi connectivity index (χ0n) is 8.64. The molecule has 0 radical (unpaired) electrons. The lowest BCUT2D eigenvalue weighted by Crippen LogP contribution is -2.44. The van der Waals surface area contributed by atoms with Gasteiger partial charge in [0.25, 0.3) is 0 Å². The highest BCUT2D eigenvalue weighted by Crippen LogP contribution is 2.28. The van der Waals surface area contributed by atoms with Gasteiger partial charge in [0.05, 0.1) is 5.92 Å². The molecule has 0 aromatic heterocycles. The van der Waals surface area contributed by atoms with E-state index in [1.165, 1.54) is 6.92 Å². The van der Waals surface area contributed by atoms with E-state index in [1.54, 1.807) is 0 Å². The van der Waals surface area contributed by atoms with Gasteiger partial charge in [-0.3, -0.25) is 9.59 Å². The van der Waals surface area contributed by atoms with Crippen LogP contribution in [0.4, 0.5) is 0 Å². The molecule has 1 fully saturated rings. The topological polar surface area (TPSA) is 118 Å². The maximum Gasteiger partial charge on any atom is 0.308 e. The van der Waals surface area contributed by atoms with Crippen molar-refractivity contribution in [2.75, 3.05) is 6.54 Å². The number of hydrogen-bond acceptors (Lipinski definition) is 4. The summed E-state index contributed by atoms with van der Waals surface area (Å²) in [5.41, 5.74) is 11.6. The van der Waals surface area contributed by atoms with Gasteiger partial charge < -0.3 is 21.9 Å². The molecule has 0 aromatic rings. The Bertz CT molecular complexity index is 269. The fourth-order valence-corrected chi connectivity index (χ4v) is 2.02. The Morgan fingerprint density at radius 3 is 2.47 bits per heavy atom. The van der Waals surface area contributed by atoms with Gasteiger partial charge in [-0.2, -0.15) is 0 Å². The first kappa shape index (κ1) is 11.9. The molecule has 1 amide bonds. The number of carboxylic acid groups (broad SMARTS) is 1. The summed E-state index contributed by atoms with van der Waals surface area (Å²) in [5.74, 6) is -1.83. The Morgan fingerprint density at radius 1 is 1.47 bits per heavy atom. The van der Waals surface area contributed by atoms with E-state index in [0.717, 1.165) is 0 Å². The van der Waals surface area contributed by atoms with Crippen molar-refractivity contribution in [2.24, 2.45) is 23.3 Å². The van der Waals surface area contributed by atoms with E-state index < -0.39 is 17.9 Å². The van der Waals surface area contributed by atoms with Crippen LogP contribution in [-0.2, 0) is 9.59 Å². The van der Waals surface area contributed by atoms with Crippen LogP contribution in [-0.4, -0.2) is 35.6 Å². The van der Waals surface area contributed by atoms with Crippen molar-refractivity contribution >= 4 is 11.9 Å². The van der Waals surface area contributed by atoms with E-state index in [-0.39, 0.29) is 17.9 Å². The lowest BCUT2D eigenvalue weighted by molar-refractivity contribution is -0.142. The van der Waals surface area contributed by atoms with E-state index in [2.05, 4.69) is 5.32 Å². The number of nitrogens with one attached hydrogen (secondary N) is 1. The average molecular weight is 215 g/mol. The number of hydrogen-bond donors (Lipinski definition) is 4. The van der Waals surface area contributed by atoms with Crippen molar-refractivity contribution in [2.45, 2.75) is 25.4 Å². The molecular formula is C9H17N3O3. The molecule has 0 spiro atoms. The molecule has 6 N–H and O–H groups in total. The van der Waals surface area contributed by atoms with E-state index >= 15 is 0 Å². The number of carbonyl (C=O) groups excluding carboxylic acids is 1. The van der Waals surface area contributed by atoms with Crippen LogP contribution in [0.3, 0.4) is 0 Å². The van der Waals surface area contributed by atoms with E-state index in [0.29, 0.717) is 13.0 Å². The number of carboxylic acids is 1. The number of nitrogens with two attached hydrogens (primary N) is 2. The smallest absolute Gasteiger partial charge is 0.308 e. The zero-order valence-corrected chi connectivity index (χ0v) is 8.64. The SMILES string of the molecule is CC(=O)NC[C@@H]1[C@H](N)[C@@H](C(=O)O)C[C@H]1N. The first-order valence-corrected chi connectivity index (χ1v) is 4.92. The van der Waals surface area contributed by atoms with Crippen molar-refractivity contribution < 1.29 is 14.7 Å². The molecule has 1 aliphatic carbocycles. The second kappa shape index (κ2) is 4.59. The largest absolute Gasteiger partial charge is 0.481 e. The molecule has 15 heavy (non-hydrogen) atoms. The van der Waals surface area contributed by atoms with Gasteiger partial charge in [0.15, 0.2) is 0 Å². The summed E-state index contributed by atoms with van der Waals surface area (Å²) in [6.45, 7) is 1.75. The molecule has 0 bridgehead atoms. The van der Waals surface area contributed by atoms with Crippen molar-refractivity contribution in [1.29, 1.82) is 0 Å². The van der Waals surface area contributed by atoms with Crippen molar-refractivity contribution in [1.82, 2.24) is 5.32 Å². The fraction of sp³-hybridized carbons (Fsp3) is 0.778. The summed E-state index contributed by atoms with van der Waals surface area (Å²) < 4.78 is 0. The Labute approximate surface area is 88.0 Å². The summed E-state index contributed by atoms with van der Waals surface area (Å²) in [7, 11) is 0. The number of carbonyl (C=O) groups is 2. The lowest BCUT2D eigenvalue weighted by Gasteiger charge is -2.20.